The van der Waals surface area contributed by atoms with E-state index in [1.807, 2.05) is 31.2 Å². The highest BCUT2D eigenvalue weighted by Crippen LogP contribution is 2.25. The van der Waals surface area contributed by atoms with Crippen molar-refractivity contribution in [2.24, 2.45) is 0 Å². The van der Waals surface area contributed by atoms with Gasteiger partial charge in [0.25, 0.3) is 0 Å². The second kappa shape index (κ2) is 11.2. The molecule has 0 atom stereocenters. The second-order valence-electron chi connectivity index (χ2n) is 6.81. The summed E-state index contributed by atoms with van der Waals surface area (Å²) >= 11 is 1.15. The first-order valence-electron chi connectivity index (χ1n) is 10.1. The Hall–Kier alpha value is -3.46. The van der Waals surface area contributed by atoms with E-state index >= 15 is 0 Å². The molecule has 0 aliphatic rings. The third kappa shape index (κ3) is 5.82. The summed E-state index contributed by atoms with van der Waals surface area (Å²) in [5.74, 6) is -0.642. The SMILES string of the molecule is C=CCn1c(SCC(=O)NCC(=O)Nc2ccccc2CC)nnc1-c1ccccc1F. The molecule has 166 valence electrons. The molecule has 3 aromatic rings. The van der Waals surface area contributed by atoms with E-state index in [0.29, 0.717) is 23.1 Å². The van der Waals surface area contributed by atoms with E-state index in [2.05, 4.69) is 27.4 Å². The number of amides is 2. The standard InChI is InChI=1S/C23H24FN5O2S/c1-3-13-29-22(17-10-6-7-11-18(17)24)27-28-23(29)32-15-21(31)25-14-20(30)26-19-12-8-5-9-16(19)4-2/h3,5-12H,1,4,13-15H2,2H3,(H,25,31)(H,26,30). The molecule has 0 saturated heterocycles. The predicted molar refractivity (Wildman–Crippen MR) is 124 cm³/mol. The van der Waals surface area contributed by atoms with Crippen LogP contribution in [-0.4, -0.2) is 38.9 Å². The number of thioether (sulfide) groups is 1. The minimum absolute atomic E-state index is 0.0331. The molecule has 32 heavy (non-hydrogen) atoms. The number of halogens is 1. The molecule has 0 bridgehead atoms. The van der Waals surface area contributed by atoms with Gasteiger partial charge in [-0.05, 0) is 30.2 Å². The van der Waals surface area contributed by atoms with E-state index in [1.165, 1.54) is 6.07 Å². The zero-order valence-electron chi connectivity index (χ0n) is 17.7. The van der Waals surface area contributed by atoms with Crippen LogP contribution < -0.4 is 10.6 Å². The third-order valence-corrected chi connectivity index (χ3v) is 5.56. The molecular weight excluding hydrogens is 429 g/mol. The van der Waals surface area contributed by atoms with Crippen LogP contribution in [0.5, 0.6) is 0 Å². The number of rotatable bonds is 10. The lowest BCUT2D eigenvalue weighted by molar-refractivity contribution is -0.122. The van der Waals surface area contributed by atoms with Crippen LogP contribution in [0.15, 0.2) is 66.3 Å². The summed E-state index contributed by atoms with van der Waals surface area (Å²) in [7, 11) is 0. The van der Waals surface area contributed by atoms with Crippen molar-refractivity contribution in [3.63, 3.8) is 0 Å². The molecule has 2 amide bonds. The van der Waals surface area contributed by atoms with Gasteiger partial charge in [-0.25, -0.2) is 4.39 Å². The van der Waals surface area contributed by atoms with Gasteiger partial charge in [-0.1, -0.05) is 55.1 Å². The van der Waals surface area contributed by atoms with E-state index in [0.717, 1.165) is 29.4 Å². The molecule has 0 aliphatic heterocycles. The molecule has 1 aromatic heterocycles. The fourth-order valence-corrected chi connectivity index (χ4v) is 3.81. The van der Waals surface area contributed by atoms with Crippen molar-refractivity contribution >= 4 is 29.3 Å². The first-order chi connectivity index (χ1) is 15.5. The Morgan fingerprint density at radius 3 is 2.62 bits per heavy atom. The summed E-state index contributed by atoms with van der Waals surface area (Å²) in [5.41, 5.74) is 2.08. The van der Waals surface area contributed by atoms with Crippen LogP contribution in [0, 0.1) is 5.82 Å². The van der Waals surface area contributed by atoms with Crippen molar-refractivity contribution in [1.82, 2.24) is 20.1 Å². The Morgan fingerprint density at radius 2 is 1.88 bits per heavy atom. The Kier molecular flexibility index (Phi) is 8.15. The molecule has 2 aromatic carbocycles. The van der Waals surface area contributed by atoms with Gasteiger partial charge in [0.1, 0.15) is 5.82 Å². The number of aromatic nitrogens is 3. The van der Waals surface area contributed by atoms with Crippen molar-refractivity contribution in [1.29, 1.82) is 0 Å². The molecule has 0 spiro atoms. The van der Waals surface area contributed by atoms with E-state index in [9.17, 15) is 14.0 Å². The Labute approximate surface area is 190 Å². The average molecular weight is 454 g/mol. The Balaban J connectivity index is 1.57. The van der Waals surface area contributed by atoms with E-state index in [1.54, 1.807) is 28.8 Å². The topological polar surface area (TPSA) is 88.9 Å². The van der Waals surface area contributed by atoms with E-state index in [-0.39, 0.29) is 24.1 Å². The number of carbonyl (C=O) groups excluding carboxylic acids is 2. The molecule has 9 heteroatoms. The molecule has 0 radical (unpaired) electrons. The minimum atomic E-state index is -0.407. The number of carbonyl (C=O) groups is 2. The van der Waals surface area contributed by atoms with Gasteiger partial charge < -0.3 is 10.6 Å². The van der Waals surface area contributed by atoms with Crippen LogP contribution in [0.2, 0.25) is 0 Å². The number of nitrogens with zero attached hydrogens (tertiary/aromatic N) is 3. The summed E-state index contributed by atoms with van der Waals surface area (Å²) in [5, 5.41) is 14.1. The first kappa shape index (κ1) is 23.2. The Morgan fingerprint density at radius 1 is 1.12 bits per heavy atom. The van der Waals surface area contributed by atoms with Crippen LogP contribution in [-0.2, 0) is 22.6 Å². The van der Waals surface area contributed by atoms with Crippen LogP contribution in [0.3, 0.4) is 0 Å². The third-order valence-electron chi connectivity index (χ3n) is 4.59. The summed E-state index contributed by atoms with van der Waals surface area (Å²) in [4.78, 5) is 24.4. The van der Waals surface area contributed by atoms with Crippen molar-refractivity contribution in [2.75, 3.05) is 17.6 Å². The van der Waals surface area contributed by atoms with Gasteiger partial charge in [-0.15, -0.1) is 16.8 Å². The van der Waals surface area contributed by atoms with Gasteiger partial charge >= 0.3 is 0 Å². The zero-order valence-corrected chi connectivity index (χ0v) is 18.5. The molecule has 3 rings (SSSR count). The quantitative estimate of drug-likeness (QED) is 0.361. The highest BCUT2D eigenvalue weighted by Gasteiger charge is 2.17. The number of benzene rings is 2. The van der Waals surface area contributed by atoms with Crippen molar-refractivity contribution in [3.05, 3.63) is 72.6 Å². The van der Waals surface area contributed by atoms with Gasteiger partial charge in [0.2, 0.25) is 11.8 Å². The lowest BCUT2D eigenvalue weighted by Crippen LogP contribution is -2.34. The summed E-state index contributed by atoms with van der Waals surface area (Å²) < 4.78 is 15.9. The Bertz CT molecular complexity index is 1120. The van der Waals surface area contributed by atoms with E-state index < -0.39 is 5.82 Å². The van der Waals surface area contributed by atoms with Crippen molar-refractivity contribution in [3.8, 4) is 11.4 Å². The smallest absolute Gasteiger partial charge is 0.243 e. The molecule has 2 N–H and O–H groups in total. The lowest BCUT2D eigenvalue weighted by atomic mass is 10.1. The molecule has 7 nitrogen and oxygen atoms in total. The van der Waals surface area contributed by atoms with Gasteiger partial charge in [0.05, 0.1) is 17.9 Å². The molecule has 0 fully saturated rings. The van der Waals surface area contributed by atoms with Crippen LogP contribution in [0.25, 0.3) is 11.4 Å². The monoisotopic (exact) mass is 453 g/mol. The molecule has 0 saturated carbocycles. The maximum atomic E-state index is 14.2. The first-order valence-corrected chi connectivity index (χ1v) is 11.1. The largest absolute Gasteiger partial charge is 0.346 e. The number of hydrogen-bond acceptors (Lipinski definition) is 5. The predicted octanol–water partition coefficient (Wildman–Crippen LogP) is 3.68. The number of para-hydroxylation sites is 1. The fraction of sp³-hybridized carbons (Fsp3) is 0.217. The average Bonchev–Trinajstić information content (AvgIpc) is 3.19. The van der Waals surface area contributed by atoms with Crippen LogP contribution >= 0.6 is 11.8 Å². The van der Waals surface area contributed by atoms with Crippen molar-refractivity contribution < 1.29 is 14.0 Å². The highest BCUT2D eigenvalue weighted by molar-refractivity contribution is 7.99. The van der Waals surface area contributed by atoms with Crippen molar-refractivity contribution in [2.45, 2.75) is 25.0 Å². The van der Waals surface area contributed by atoms with Gasteiger partial charge in [0.15, 0.2) is 11.0 Å². The summed E-state index contributed by atoms with van der Waals surface area (Å²) in [6.07, 6.45) is 2.44. The fourth-order valence-electron chi connectivity index (χ4n) is 3.04. The lowest BCUT2D eigenvalue weighted by Gasteiger charge is -2.10. The molecule has 0 aliphatic carbocycles. The van der Waals surface area contributed by atoms with Gasteiger partial charge in [0, 0.05) is 12.2 Å². The maximum absolute atomic E-state index is 14.2. The normalized spacial score (nSPS) is 10.6. The summed E-state index contributed by atoms with van der Waals surface area (Å²) in [6.45, 7) is 5.95. The van der Waals surface area contributed by atoms with E-state index in [4.69, 9.17) is 0 Å². The molecule has 0 unspecified atom stereocenters. The number of aryl methyl sites for hydroxylation is 1. The maximum Gasteiger partial charge on any atom is 0.243 e. The molecular formula is C23H24FN5O2S. The highest BCUT2D eigenvalue weighted by atomic mass is 32.2. The van der Waals surface area contributed by atoms with Gasteiger partial charge in [-0.2, -0.15) is 0 Å². The number of hydrogen-bond donors (Lipinski definition) is 2. The second-order valence-corrected chi connectivity index (χ2v) is 7.75. The number of anilines is 1. The molecule has 1 heterocycles. The van der Waals surface area contributed by atoms with Crippen LogP contribution in [0.1, 0.15) is 12.5 Å². The minimum Gasteiger partial charge on any atom is -0.346 e. The van der Waals surface area contributed by atoms with Crippen LogP contribution in [0.4, 0.5) is 10.1 Å². The number of allylic oxidation sites excluding steroid dienone is 1. The van der Waals surface area contributed by atoms with Gasteiger partial charge in [-0.3, -0.25) is 14.2 Å². The number of nitrogens with one attached hydrogen (secondary N) is 2. The summed E-state index contributed by atoms with van der Waals surface area (Å²) in [6, 6.07) is 13.8. The zero-order chi connectivity index (χ0) is 22.9.